The first-order chi connectivity index (χ1) is 7.00. The van der Waals surface area contributed by atoms with Gasteiger partial charge in [0.05, 0.1) is 6.61 Å². The van der Waals surface area contributed by atoms with E-state index in [0.29, 0.717) is 17.9 Å². The Hall–Kier alpha value is -0.530. The minimum atomic E-state index is -0.164. The minimum Gasteiger partial charge on any atom is -0.466 e. The third-order valence-electron chi connectivity index (χ3n) is 3.59. The number of ether oxygens (including phenoxy) is 1. The van der Waals surface area contributed by atoms with Crippen LogP contribution in [-0.4, -0.2) is 12.6 Å². The molecule has 0 N–H and O–H groups in total. The molecule has 0 fully saturated rings. The van der Waals surface area contributed by atoms with Crippen molar-refractivity contribution in [1.29, 1.82) is 0 Å². The monoisotopic (exact) mass is 214 g/mol. The normalized spacial score (nSPS) is 16.9. The fraction of sp³-hybridized carbons (Fsp3) is 0.923. The van der Waals surface area contributed by atoms with Crippen molar-refractivity contribution in [3.05, 3.63) is 0 Å². The Balaban J connectivity index is 4.38. The van der Waals surface area contributed by atoms with Crippen LogP contribution in [0, 0.1) is 11.3 Å². The zero-order valence-electron chi connectivity index (χ0n) is 10.9. The second-order valence-electron chi connectivity index (χ2n) is 4.67. The predicted molar refractivity (Wildman–Crippen MR) is 63.7 cm³/mol. The molecule has 0 saturated carbocycles. The summed E-state index contributed by atoms with van der Waals surface area (Å²) in [6.45, 7) is 11.0. The van der Waals surface area contributed by atoms with Crippen LogP contribution in [0.25, 0.3) is 0 Å². The van der Waals surface area contributed by atoms with Crippen LogP contribution in [0.5, 0.6) is 0 Å². The van der Waals surface area contributed by atoms with Gasteiger partial charge in [-0.15, -0.1) is 0 Å². The fourth-order valence-corrected chi connectivity index (χ4v) is 2.27. The summed E-state index contributed by atoms with van der Waals surface area (Å²) in [5, 5.41) is 0. The molecule has 0 saturated heterocycles. The van der Waals surface area contributed by atoms with E-state index in [2.05, 4.69) is 27.7 Å². The maximum absolute atomic E-state index is 10.8. The molecule has 0 radical (unpaired) electrons. The molecule has 0 aliphatic carbocycles. The lowest BCUT2D eigenvalue weighted by molar-refractivity contribution is -0.143. The maximum atomic E-state index is 10.8. The fourth-order valence-electron chi connectivity index (χ4n) is 2.27. The number of esters is 1. The number of hydrogen-bond acceptors (Lipinski definition) is 2. The van der Waals surface area contributed by atoms with Gasteiger partial charge in [0.1, 0.15) is 0 Å². The highest BCUT2D eigenvalue weighted by Crippen LogP contribution is 2.38. The van der Waals surface area contributed by atoms with Gasteiger partial charge in [0, 0.05) is 6.92 Å². The van der Waals surface area contributed by atoms with Gasteiger partial charge in [0.25, 0.3) is 0 Å². The SMILES string of the molecule is CCCC(C)(CC)C(CC)COC(C)=O. The summed E-state index contributed by atoms with van der Waals surface area (Å²) in [5.74, 6) is 0.328. The Morgan fingerprint density at radius 2 is 1.93 bits per heavy atom. The van der Waals surface area contributed by atoms with Crippen molar-refractivity contribution in [2.75, 3.05) is 6.61 Å². The zero-order chi connectivity index (χ0) is 11.9. The topological polar surface area (TPSA) is 26.3 Å². The van der Waals surface area contributed by atoms with E-state index in [1.54, 1.807) is 0 Å². The van der Waals surface area contributed by atoms with Crippen LogP contribution in [0.15, 0.2) is 0 Å². The molecule has 2 atom stereocenters. The summed E-state index contributed by atoms with van der Waals surface area (Å²) in [7, 11) is 0. The molecule has 2 unspecified atom stereocenters. The summed E-state index contributed by atoms with van der Waals surface area (Å²) in [4.78, 5) is 10.8. The van der Waals surface area contributed by atoms with Gasteiger partial charge < -0.3 is 4.74 Å². The highest BCUT2D eigenvalue weighted by molar-refractivity contribution is 5.65. The van der Waals surface area contributed by atoms with Crippen molar-refractivity contribution in [2.45, 2.75) is 60.3 Å². The highest BCUT2D eigenvalue weighted by Gasteiger charge is 2.31. The summed E-state index contributed by atoms with van der Waals surface area (Å²) in [6.07, 6.45) is 4.64. The quantitative estimate of drug-likeness (QED) is 0.603. The molecule has 0 aromatic rings. The molecule has 2 heteroatoms. The van der Waals surface area contributed by atoms with Gasteiger partial charge in [0.2, 0.25) is 0 Å². The van der Waals surface area contributed by atoms with E-state index in [0.717, 1.165) is 12.8 Å². The first-order valence-corrected chi connectivity index (χ1v) is 6.13. The lowest BCUT2D eigenvalue weighted by Gasteiger charge is -2.36. The molecule has 90 valence electrons. The van der Waals surface area contributed by atoms with E-state index in [9.17, 15) is 4.79 Å². The van der Waals surface area contributed by atoms with E-state index in [1.165, 1.54) is 19.8 Å². The third kappa shape index (κ3) is 4.67. The second-order valence-corrected chi connectivity index (χ2v) is 4.67. The summed E-state index contributed by atoms with van der Waals surface area (Å²) in [5.41, 5.74) is 0.318. The molecular formula is C13H26O2. The molecular weight excluding hydrogens is 188 g/mol. The van der Waals surface area contributed by atoms with Crippen LogP contribution >= 0.6 is 0 Å². The van der Waals surface area contributed by atoms with Gasteiger partial charge in [0.15, 0.2) is 0 Å². The van der Waals surface area contributed by atoms with Gasteiger partial charge in [-0.2, -0.15) is 0 Å². The predicted octanol–water partition coefficient (Wildman–Crippen LogP) is 3.79. The number of carbonyl (C=O) groups is 1. The van der Waals surface area contributed by atoms with Gasteiger partial charge >= 0.3 is 5.97 Å². The largest absolute Gasteiger partial charge is 0.466 e. The zero-order valence-corrected chi connectivity index (χ0v) is 10.9. The number of hydrogen-bond donors (Lipinski definition) is 0. The van der Waals surface area contributed by atoms with Gasteiger partial charge in [-0.3, -0.25) is 4.79 Å². The first kappa shape index (κ1) is 14.5. The maximum Gasteiger partial charge on any atom is 0.302 e. The van der Waals surface area contributed by atoms with Crippen molar-refractivity contribution >= 4 is 5.97 Å². The van der Waals surface area contributed by atoms with E-state index >= 15 is 0 Å². The Morgan fingerprint density at radius 1 is 1.33 bits per heavy atom. The van der Waals surface area contributed by atoms with Crippen molar-refractivity contribution in [2.24, 2.45) is 11.3 Å². The standard InChI is InChI=1S/C13H26O2/c1-6-9-13(5,8-3)12(7-2)10-15-11(4)14/h12H,6-10H2,1-5H3. The Kier molecular flexibility index (Phi) is 6.62. The van der Waals surface area contributed by atoms with Crippen molar-refractivity contribution in [3.63, 3.8) is 0 Å². The van der Waals surface area contributed by atoms with Gasteiger partial charge in [-0.05, 0) is 24.2 Å². The van der Waals surface area contributed by atoms with Crippen molar-refractivity contribution in [3.8, 4) is 0 Å². The molecule has 15 heavy (non-hydrogen) atoms. The molecule has 0 aliphatic heterocycles. The lowest BCUT2D eigenvalue weighted by Crippen LogP contribution is -2.30. The van der Waals surface area contributed by atoms with Crippen molar-refractivity contribution < 1.29 is 9.53 Å². The van der Waals surface area contributed by atoms with Gasteiger partial charge in [-0.25, -0.2) is 0 Å². The first-order valence-electron chi connectivity index (χ1n) is 6.13. The Labute approximate surface area is 94.4 Å². The van der Waals surface area contributed by atoms with Crippen LogP contribution in [-0.2, 0) is 9.53 Å². The molecule has 0 aromatic carbocycles. The molecule has 0 aliphatic rings. The van der Waals surface area contributed by atoms with E-state index < -0.39 is 0 Å². The molecule has 0 bridgehead atoms. The highest BCUT2D eigenvalue weighted by atomic mass is 16.5. The third-order valence-corrected chi connectivity index (χ3v) is 3.59. The Morgan fingerprint density at radius 3 is 2.27 bits per heavy atom. The molecule has 0 spiro atoms. The number of carbonyl (C=O) groups excluding carboxylic acids is 1. The molecule has 0 aromatic heterocycles. The van der Waals surface area contributed by atoms with Crippen LogP contribution in [0.3, 0.4) is 0 Å². The van der Waals surface area contributed by atoms with E-state index in [1.807, 2.05) is 0 Å². The van der Waals surface area contributed by atoms with Crippen LogP contribution in [0.1, 0.15) is 60.3 Å². The van der Waals surface area contributed by atoms with Crippen LogP contribution in [0.2, 0.25) is 0 Å². The molecule has 0 heterocycles. The molecule has 0 rings (SSSR count). The summed E-state index contributed by atoms with van der Waals surface area (Å²) < 4.78 is 5.15. The van der Waals surface area contributed by atoms with Crippen LogP contribution < -0.4 is 0 Å². The smallest absolute Gasteiger partial charge is 0.302 e. The Bertz CT molecular complexity index is 189. The van der Waals surface area contributed by atoms with E-state index in [4.69, 9.17) is 4.74 Å². The summed E-state index contributed by atoms with van der Waals surface area (Å²) in [6, 6.07) is 0. The summed E-state index contributed by atoms with van der Waals surface area (Å²) >= 11 is 0. The van der Waals surface area contributed by atoms with E-state index in [-0.39, 0.29) is 5.97 Å². The number of rotatable bonds is 7. The van der Waals surface area contributed by atoms with Gasteiger partial charge in [-0.1, -0.05) is 40.5 Å². The average molecular weight is 214 g/mol. The minimum absolute atomic E-state index is 0.164. The molecule has 0 amide bonds. The lowest BCUT2D eigenvalue weighted by atomic mass is 9.71. The second kappa shape index (κ2) is 6.86. The van der Waals surface area contributed by atoms with Crippen LogP contribution in [0.4, 0.5) is 0 Å². The average Bonchev–Trinajstić information content (AvgIpc) is 2.18. The molecule has 2 nitrogen and oxygen atoms in total. The van der Waals surface area contributed by atoms with Crippen molar-refractivity contribution in [1.82, 2.24) is 0 Å².